The molecule has 1 fully saturated rings. The second-order valence-corrected chi connectivity index (χ2v) is 5.83. The molecule has 0 aliphatic carbocycles. The molecule has 2 atom stereocenters. The average Bonchev–Trinajstić information content (AvgIpc) is 2.41. The molecule has 0 bridgehead atoms. The summed E-state index contributed by atoms with van der Waals surface area (Å²) >= 11 is 3.25. The van der Waals surface area contributed by atoms with Crippen molar-refractivity contribution in [3.63, 3.8) is 0 Å². The van der Waals surface area contributed by atoms with Crippen molar-refractivity contribution in [2.24, 2.45) is 5.73 Å². The van der Waals surface area contributed by atoms with Gasteiger partial charge in [0, 0.05) is 18.6 Å². The highest BCUT2D eigenvalue weighted by molar-refractivity contribution is 9.10. The van der Waals surface area contributed by atoms with Gasteiger partial charge in [-0.15, -0.1) is 0 Å². The molecule has 1 saturated heterocycles. The Morgan fingerprint density at radius 1 is 1.50 bits per heavy atom. The van der Waals surface area contributed by atoms with Crippen LogP contribution in [0.4, 0.5) is 4.39 Å². The van der Waals surface area contributed by atoms with Crippen LogP contribution in [0.2, 0.25) is 0 Å². The lowest BCUT2D eigenvalue weighted by atomic mass is 9.97. The van der Waals surface area contributed by atoms with Crippen LogP contribution in [0, 0.1) is 5.82 Å². The third-order valence-electron chi connectivity index (χ3n) is 3.87. The zero-order valence-corrected chi connectivity index (χ0v) is 12.3. The van der Waals surface area contributed by atoms with Crippen LogP contribution >= 0.6 is 15.9 Å². The summed E-state index contributed by atoms with van der Waals surface area (Å²) in [7, 11) is 0. The molecule has 1 aliphatic heterocycles. The van der Waals surface area contributed by atoms with Gasteiger partial charge in [0.1, 0.15) is 5.82 Å². The van der Waals surface area contributed by atoms with Crippen molar-refractivity contribution in [2.45, 2.75) is 38.3 Å². The Hall–Kier alpha value is -0.450. The van der Waals surface area contributed by atoms with E-state index < -0.39 is 0 Å². The highest BCUT2D eigenvalue weighted by Crippen LogP contribution is 2.30. The number of nitrogens with two attached hydrogens (primary N) is 1. The molecule has 2 rings (SSSR count). The van der Waals surface area contributed by atoms with Crippen molar-refractivity contribution in [3.05, 3.63) is 34.1 Å². The molecule has 2 nitrogen and oxygen atoms in total. The lowest BCUT2D eigenvalue weighted by Crippen LogP contribution is -2.45. The molecule has 4 heteroatoms. The Morgan fingerprint density at radius 3 is 2.94 bits per heavy atom. The Bertz CT molecular complexity index is 411. The van der Waals surface area contributed by atoms with Gasteiger partial charge in [0.15, 0.2) is 0 Å². The van der Waals surface area contributed by atoms with Crippen LogP contribution in [-0.4, -0.2) is 24.0 Å². The molecule has 100 valence electrons. The Labute approximate surface area is 116 Å². The topological polar surface area (TPSA) is 29.3 Å². The molecule has 0 saturated carbocycles. The van der Waals surface area contributed by atoms with Crippen LogP contribution in [0.15, 0.2) is 22.7 Å². The molecule has 1 aromatic carbocycles. The summed E-state index contributed by atoms with van der Waals surface area (Å²) in [5.41, 5.74) is 6.99. The summed E-state index contributed by atoms with van der Waals surface area (Å²) < 4.78 is 13.8. The SMILES string of the molecule is CC(c1ccc(F)c(Br)c1)N1CCCCC1CN. The highest BCUT2D eigenvalue weighted by Gasteiger charge is 2.26. The van der Waals surface area contributed by atoms with Crippen molar-refractivity contribution >= 4 is 15.9 Å². The van der Waals surface area contributed by atoms with Gasteiger partial charge in [-0.2, -0.15) is 0 Å². The summed E-state index contributed by atoms with van der Waals surface area (Å²) in [5.74, 6) is -0.208. The van der Waals surface area contributed by atoms with Crippen LogP contribution in [0.3, 0.4) is 0 Å². The standard InChI is InChI=1S/C14H20BrFN2/c1-10(11-5-6-14(16)13(15)8-11)18-7-3-2-4-12(18)9-17/h5-6,8,10,12H,2-4,7,9,17H2,1H3. The molecule has 1 aromatic rings. The predicted molar refractivity (Wildman–Crippen MR) is 75.9 cm³/mol. The lowest BCUT2D eigenvalue weighted by Gasteiger charge is -2.39. The first kappa shape index (κ1) is 14.0. The molecule has 0 radical (unpaired) electrons. The molecule has 1 aliphatic rings. The van der Waals surface area contributed by atoms with Gasteiger partial charge < -0.3 is 5.73 Å². The first-order chi connectivity index (χ1) is 8.63. The zero-order chi connectivity index (χ0) is 13.1. The number of likely N-dealkylation sites (tertiary alicyclic amines) is 1. The first-order valence-electron chi connectivity index (χ1n) is 6.54. The van der Waals surface area contributed by atoms with Crippen molar-refractivity contribution in [1.29, 1.82) is 0 Å². The fourth-order valence-corrected chi connectivity index (χ4v) is 3.15. The number of hydrogen-bond acceptors (Lipinski definition) is 2. The van der Waals surface area contributed by atoms with Crippen molar-refractivity contribution < 1.29 is 4.39 Å². The van der Waals surface area contributed by atoms with Gasteiger partial charge in [-0.3, -0.25) is 4.90 Å². The van der Waals surface area contributed by atoms with Crippen LogP contribution < -0.4 is 5.73 Å². The molecule has 2 unspecified atom stereocenters. The number of nitrogens with zero attached hydrogens (tertiary/aromatic N) is 1. The molecule has 18 heavy (non-hydrogen) atoms. The summed E-state index contributed by atoms with van der Waals surface area (Å²) in [5, 5.41) is 0. The van der Waals surface area contributed by atoms with Crippen molar-refractivity contribution in [3.8, 4) is 0 Å². The quantitative estimate of drug-likeness (QED) is 0.925. The Kier molecular flexibility index (Phi) is 4.76. The minimum atomic E-state index is -0.208. The number of piperidine rings is 1. The average molecular weight is 315 g/mol. The smallest absolute Gasteiger partial charge is 0.137 e. The fraction of sp³-hybridized carbons (Fsp3) is 0.571. The summed E-state index contributed by atoms with van der Waals surface area (Å²) in [6.45, 7) is 3.96. The van der Waals surface area contributed by atoms with E-state index in [4.69, 9.17) is 5.73 Å². The second kappa shape index (κ2) is 6.13. The first-order valence-corrected chi connectivity index (χ1v) is 7.33. The van der Waals surface area contributed by atoms with Crippen LogP contribution in [0.1, 0.15) is 37.8 Å². The van der Waals surface area contributed by atoms with E-state index in [0.717, 1.165) is 12.1 Å². The van der Waals surface area contributed by atoms with E-state index in [-0.39, 0.29) is 11.9 Å². The van der Waals surface area contributed by atoms with Crippen molar-refractivity contribution in [1.82, 2.24) is 4.90 Å². The van der Waals surface area contributed by atoms with Crippen LogP contribution in [0.5, 0.6) is 0 Å². The number of rotatable bonds is 3. The fourth-order valence-electron chi connectivity index (χ4n) is 2.75. The summed E-state index contributed by atoms with van der Waals surface area (Å²) in [6, 6.07) is 6.01. The van der Waals surface area contributed by atoms with Gasteiger partial charge in [-0.1, -0.05) is 12.5 Å². The maximum atomic E-state index is 13.3. The van der Waals surface area contributed by atoms with Gasteiger partial charge in [0.2, 0.25) is 0 Å². The third kappa shape index (κ3) is 2.92. The molecular formula is C14H20BrFN2. The zero-order valence-electron chi connectivity index (χ0n) is 10.7. The Morgan fingerprint density at radius 2 is 2.28 bits per heavy atom. The predicted octanol–water partition coefficient (Wildman–Crippen LogP) is 3.46. The number of benzene rings is 1. The number of hydrogen-bond donors (Lipinski definition) is 1. The van der Waals surface area contributed by atoms with E-state index in [1.54, 1.807) is 0 Å². The van der Waals surface area contributed by atoms with Gasteiger partial charge in [-0.05, 0) is 59.9 Å². The maximum absolute atomic E-state index is 13.3. The van der Waals surface area contributed by atoms with Crippen molar-refractivity contribution in [2.75, 3.05) is 13.1 Å². The third-order valence-corrected chi connectivity index (χ3v) is 4.48. The van der Waals surface area contributed by atoms with E-state index in [1.165, 1.54) is 25.3 Å². The normalized spacial score (nSPS) is 23.0. The molecule has 0 aromatic heterocycles. The minimum Gasteiger partial charge on any atom is -0.329 e. The highest BCUT2D eigenvalue weighted by atomic mass is 79.9. The molecule has 0 amide bonds. The summed E-state index contributed by atoms with van der Waals surface area (Å²) in [4.78, 5) is 2.45. The van der Waals surface area contributed by atoms with Crippen LogP contribution in [-0.2, 0) is 0 Å². The van der Waals surface area contributed by atoms with E-state index in [9.17, 15) is 4.39 Å². The van der Waals surface area contributed by atoms with Gasteiger partial charge in [0.05, 0.1) is 4.47 Å². The van der Waals surface area contributed by atoms with Gasteiger partial charge in [0.25, 0.3) is 0 Å². The van der Waals surface area contributed by atoms with Gasteiger partial charge >= 0.3 is 0 Å². The molecular weight excluding hydrogens is 295 g/mol. The second-order valence-electron chi connectivity index (χ2n) is 4.97. The summed E-state index contributed by atoms with van der Waals surface area (Å²) in [6.07, 6.45) is 3.66. The van der Waals surface area contributed by atoms with E-state index in [1.807, 2.05) is 12.1 Å². The molecule has 1 heterocycles. The van der Waals surface area contributed by atoms with E-state index in [2.05, 4.69) is 27.8 Å². The minimum absolute atomic E-state index is 0.208. The largest absolute Gasteiger partial charge is 0.329 e. The molecule has 2 N–H and O–H groups in total. The maximum Gasteiger partial charge on any atom is 0.137 e. The van der Waals surface area contributed by atoms with E-state index in [0.29, 0.717) is 17.1 Å². The van der Waals surface area contributed by atoms with Gasteiger partial charge in [-0.25, -0.2) is 4.39 Å². The van der Waals surface area contributed by atoms with E-state index >= 15 is 0 Å². The van der Waals surface area contributed by atoms with Crippen LogP contribution in [0.25, 0.3) is 0 Å². The molecule has 0 spiro atoms. The Balaban J connectivity index is 2.18. The lowest BCUT2D eigenvalue weighted by molar-refractivity contribution is 0.108. The monoisotopic (exact) mass is 314 g/mol. The number of halogens is 2.